The standard InChI is InChI=1S/C6H11NO3.C5H11NO2.2ClH/c1-10-6(9)5-2-4(8)3-7-5;7-3-4-1-5(8)2-6-4;;/h4-5,7-8H,2-3H2,1H3;4-8H,1-3H2;2*1H/t2*4-,5+;;/m10../s1. The van der Waals surface area contributed by atoms with Gasteiger partial charge in [0.15, 0.2) is 0 Å². The van der Waals surface area contributed by atoms with E-state index in [1.54, 1.807) is 0 Å². The summed E-state index contributed by atoms with van der Waals surface area (Å²) in [6.45, 7) is 1.25. The van der Waals surface area contributed by atoms with Gasteiger partial charge in [0.2, 0.25) is 0 Å². The molecule has 0 saturated carbocycles. The molecule has 7 nitrogen and oxygen atoms in total. The van der Waals surface area contributed by atoms with Crippen molar-refractivity contribution in [1.82, 2.24) is 10.6 Å². The molecule has 0 unspecified atom stereocenters. The summed E-state index contributed by atoms with van der Waals surface area (Å²) in [5, 5.41) is 32.1. The van der Waals surface area contributed by atoms with Crippen molar-refractivity contribution in [3.63, 3.8) is 0 Å². The van der Waals surface area contributed by atoms with E-state index < -0.39 is 6.10 Å². The molecule has 20 heavy (non-hydrogen) atoms. The Balaban J connectivity index is 0. The summed E-state index contributed by atoms with van der Waals surface area (Å²) in [7, 11) is 1.34. The number of methoxy groups -OCH3 is 1. The molecular weight excluding hydrogens is 311 g/mol. The Bertz CT molecular complexity index is 273. The number of halogens is 2. The first-order valence-electron chi connectivity index (χ1n) is 6.08. The van der Waals surface area contributed by atoms with Crippen LogP contribution in [0.2, 0.25) is 0 Å². The fourth-order valence-corrected chi connectivity index (χ4v) is 1.98. The van der Waals surface area contributed by atoms with Crippen molar-refractivity contribution in [2.24, 2.45) is 0 Å². The number of aliphatic hydroxyl groups is 3. The fourth-order valence-electron chi connectivity index (χ4n) is 1.98. The Hall–Kier alpha value is -0.150. The molecule has 122 valence electrons. The summed E-state index contributed by atoms with van der Waals surface area (Å²) in [6.07, 6.45) is 0.514. The van der Waals surface area contributed by atoms with Gasteiger partial charge in [-0.3, -0.25) is 4.79 Å². The van der Waals surface area contributed by atoms with Crippen molar-refractivity contribution in [1.29, 1.82) is 0 Å². The van der Waals surface area contributed by atoms with E-state index in [1.165, 1.54) is 7.11 Å². The van der Waals surface area contributed by atoms with Crippen LogP contribution in [-0.2, 0) is 9.53 Å². The van der Waals surface area contributed by atoms with Gasteiger partial charge in [0.25, 0.3) is 0 Å². The molecule has 0 radical (unpaired) electrons. The number of aliphatic hydroxyl groups excluding tert-OH is 3. The average molecular weight is 335 g/mol. The lowest BCUT2D eigenvalue weighted by Crippen LogP contribution is -2.31. The van der Waals surface area contributed by atoms with Crippen LogP contribution in [0.3, 0.4) is 0 Å². The van der Waals surface area contributed by atoms with Crippen molar-refractivity contribution in [3.8, 4) is 0 Å². The molecule has 0 amide bonds. The highest BCUT2D eigenvalue weighted by Gasteiger charge is 2.28. The summed E-state index contributed by atoms with van der Waals surface area (Å²) < 4.78 is 4.47. The van der Waals surface area contributed by atoms with Crippen molar-refractivity contribution in [2.45, 2.75) is 37.1 Å². The van der Waals surface area contributed by atoms with Crippen LogP contribution < -0.4 is 10.6 Å². The second-order valence-electron chi connectivity index (χ2n) is 4.55. The van der Waals surface area contributed by atoms with Crippen molar-refractivity contribution in [2.75, 3.05) is 26.8 Å². The molecule has 2 rings (SSSR count). The lowest BCUT2D eigenvalue weighted by atomic mass is 10.2. The Labute approximate surface area is 130 Å². The number of rotatable bonds is 2. The van der Waals surface area contributed by atoms with Crippen LogP contribution in [0, 0.1) is 0 Å². The van der Waals surface area contributed by atoms with Crippen LogP contribution in [-0.4, -0.2) is 72.4 Å². The van der Waals surface area contributed by atoms with Crippen LogP contribution in [0.15, 0.2) is 0 Å². The third-order valence-electron chi connectivity index (χ3n) is 3.01. The Morgan fingerprint density at radius 1 is 1.15 bits per heavy atom. The normalized spacial score (nSPS) is 31.4. The maximum atomic E-state index is 10.8. The molecule has 0 aromatic carbocycles. The molecule has 0 spiro atoms. The summed E-state index contributed by atoms with van der Waals surface area (Å²) in [5.74, 6) is -0.295. The Morgan fingerprint density at radius 2 is 1.70 bits per heavy atom. The number of carbonyl (C=O) groups is 1. The van der Waals surface area contributed by atoms with E-state index in [1.807, 2.05) is 0 Å². The molecular formula is C11H24Cl2N2O5. The van der Waals surface area contributed by atoms with Crippen molar-refractivity contribution in [3.05, 3.63) is 0 Å². The Morgan fingerprint density at radius 3 is 2.00 bits per heavy atom. The number of β-amino-alcohol motifs (C(OH)–C–C–N with tert-alkyl or cyclic N) is 2. The minimum absolute atomic E-state index is 0. The van der Waals surface area contributed by atoms with Crippen LogP contribution in [0.25, 0.3) is 0 Å². The van der Waals surface area contributed by atoms with Gasteiger partial charge >= 0.3 is 5.97 Å². The predicted molar refractivity (Wildman–Crippen MR) is 78.4 cm³/mol. The number of hydrogen-bond donors (Lipinski definition) is 5. The highest BCUT2D eigenvalue weighted by molar-refractivity contribution is 5.85. The summed E-state index contributed by atoms with van der Waals surface area (Å²) in [5.41, 5.74) is 0. The Kier molecular flexibility index (Phi) is 12.7. The second-order valence-corrected chi connectivity index (χ2v) is 4.55. The van der Waals surface area contributed by atoms with Gasteiger partial charge in [-0.1, -0.05) is 0 Å². The van der Waals surface area contributed by atoms with E-state index >= 15 is 0 Å². The van der Waals surface area contributed by atoms with Gasteiger partial charge in [0, 0.05) is 25.6 Å². The van der Waals surface area contributed by atoms with Crippen molar-refractivity contribution >= 4 is 30.8 Å². The van der Waals surface area contributed by atoms with Gasteiger partial charge < -0.3 is 30.7 Å². The smallest absolute Gasteiger partial charge is 0.322 e. The minimum atomic E-state index is -0.399. The van der Waals surface area contributed by atoms with Gasteiger partial charge in [-0.25, -0.2) is 0 Å². The van der Waals surface area contributed by atoms with Gasteiger partial charge in [-0.15, -0.1) is 24.8 Å². The van der Waals surface area contributed by atoms with Crippen LogP contribution in [0.5, 0.6) is 0 Å². The quantitative estimate of drug-likeness (QED) is 0.388. The lowest BCUT2D eigenvalue weighted by Gasteiger charge is -2.05. The summed E-state index contributed by atoms with van der Waals surface area (Å²) >= 11 is 0. The molecule has 5 N–H and O–H groups in total. The first kappa shape index (κ1) is 22.1. The average Bonchev–Trinajstić information content (AvgIpc) is 2.97. The van der Waals surface area contributed by atoms with E-state index in [4.69, 9.17) is 15.3 Å². The van der Waals surface area contributed by atoms with Gasteiger partial charge in [-0.2, -0.15) is 0 Å². The molecule has 2 saturated heterocycles. The van der Waals surface area contributed by atoms with Gasteiger partial charge in [0.05, 0.1) is 25.9 Å². The molecule has 2 fully saturated rings. The molecule has 0 aliphatic carbocycles. The first-order chi connectivity index (χ1) is 8.56. The molecule has 9 heteroatoms. The summed E-state index contributed by atoms with van der Waals surface area (Å²) in [4.78, 5) is 10.8. The lowest BCUT2D eigenvalue weighted by molar-refractivity contribution is -0.142. The van der Waals surface area contributed by atoms with Crippen LogP contribution >= 0.6 is 24.8 Å². The fraction of sp³-hybridized carbons (Fsp3) is 0.909. The van der Waals surface area contributed by atoms with Crippen molar-refractivity contribution < 1.29 is 24.9 Å². The molecule has 2 heterocycles. The zero-order valence-electron chi connectivity index (χ0n) is 11.3. The monoisotopic (exact) mass is 334 g/mol. The van der Waals surface area contributed by atoms with E-state index in [0.29, 0.717) is 25.9 Å². The topological polar surface area (TPSA) is 111 Å². The van der Waals surface area contributed by atoms with Crippen LogP contribution in [0.4, 0.5) is 0 Å². The van der Waals surface area contributed by atoms with E-state index in [-0.39, 0.29) is 55.6 Å². The zero-order valence-corrected chi connectivity index (χ0v) is 13.0. The molecule has 0 aromatic rings. The molecule has 0 aromatic heterocycles. The van der Waals surface area contributed by atoms with Gasteiger partial charge in [-0.05, 0) is 6.42 Å². The molecule has 0 bridgehead atoms. The highest BCUT2D eigenvalue weighted by Crippen LogP contribution is 2.06. The number of nitrogens with one attached hydrogen (secondary N) is 2. The third-order valence-corrected chi connectivity index (χ3v) is 3.01. The maximum Gasteiger partial charge on any atom is 0.322 e. The first-order valence-corrected chi connectivity index (χ1v) is 6.08. The number of carbonyl (C=O) groups excluding carboxylic acids is 1. The third kappa shape index (κ3) is 7.58. The van der Waals surface area contributed by atoms with E-state index in [9.17, 15) is 4.79 Å². The highest BCUT2D eigenvalue weighted by atomic mass is 35.5. The maximum absolute atomic E-state index is 10.8. The van der Waals surface area contributed by atoms with E-state index in [2.05, 4.69) is 15.4 Å². The number of esters is 1. The van der Waals surface area contributed by atoms with Crippen LogP contribution in [0.1, 0.15) is 12.8 Å². The predicted octanol–water partition coefficient (Wildman–Crippen LogP) is -1.57. The number of ether oxygens (including phenoxy) is 1. The summed E-state index contributed by atoms with van der Waals surface area (Å²) in [6, 6.07) is -0.176. The van der Waals surface area contributed by atoms with Gasteiger partial charge in [0.1, 0.15) is 6.04 Å². The largest absolute Gasteiger partial charge is 0.468 e. The second kappa shape index (κ2) is 11.5. The SMILES string of the molecule is COC(=O)[C@@H]1C[C@@H](O)CN1.Cl.Cl.OC[C@@H]1C[C@@H](O)CN1. The molecule has 2 aliphatic rings. The molecule has 2 aliphatic heterocycles. The van der Waals surface area contributed by atoms with E-state index in [0.717, 1.165) is 0 Å². The number of hydrogen-bond acceptors (Lipinski definition) is 7. The minimum Gasteiger partial charge on any atom is -0.468 e. The zero-order chi connectivity index (χ0) is 13.5. The molecule has 4 atom stereocenters.